The first kappa shape index (κ1) is 19.1. The molecule has 0 saturated carbocycles. The molecule has 1 N–H and O–H groups in total. The van der Waals surface area contributed by atoms with E-state index in [-0.39, 0.29) is 18.3 Å². The molecule has 0 radical (unpaired) electrons. The Morgan fingerprint density at radius 2 is 2.04 bits per heavy atom. The lowest BCUT2D eigenvalue weighted by Gasteiger charge is -2.01. The molecule has 3 rings (SSSR count). The Morgan fingerprint density at radius 1 is 1.30 bits per heavy atom. The number of esters is 1. The Hall–Kier alpha value is -2.71. The van der Waals surface area contributed by atoms with E-state index in [0.29, 0.717) is 33.8 Å². The average molecular weight is 405 g/mol. The Bertz CT molecular complexity index is 965. The number of rotatable bonds is 6. The van der Waals surface area contributed by atoms with Crippen molar-refractivity contribution in [1.82, 2.24) is 14.8 Å². The van der Waals surface area contributed by atoms with Crippen molar-refractivity contribution in [2.75, 3.05) is 11.9 Å². The number of thiazole rings is 1. The van der Waals surface area contributed by atoms with Gasteiger partial charge < -0.3 is 4.74 Å². The summed E-state index contributed by atoms with van der Waals surface area (Å²) in [4.78, 5) is 28.3. The Kier molecular flexibility index (Phi) is 5.88. The first-order valence-electron chi connectivity index (χ1n) is 8.17. The summed E-state index contributed by atoms with van der Waals surface area (Å²) < 4.78 is 6.40. The molecular weight excluding hydrogens is 388 g/mol. The number of nitrogens with zero attached hydrogens (tertiary/aromatic N) is 3. The van der Waals surface area contributed by atoms with E-state index >= 15 is 0 Å². The summed E-state index contributed by atoms with van der Waals surface area (Å²) in [5, 5.41) is 9.87. The number of halogens is 1. The van der Waals surface area contributed by atoms with Crippen LogP contribution in [0, 0.1) is 0 Å². The molecule has 140 valence electrons. The van der Waals surface area contributed by atoms with Crippen molar-refractivity contribution in [2.24, 2.45) is 7.05 Å². The summed E-state index contributed by atoms with van der Waals surface area (Å²) in [7, 11) is 1.70. The zero-order chi connectivity index (χ0) is 19.4. The number of carbonyl (C=O) groups is 2. The Balaban J connectivity index is 1.70. The van der Waals surface area contributed by atoms with Crippen LogP contribution in [0.4, 0.5) is 5.13 Å². The minimum Gasteiger partial charge on any atom is -0.466 e. The summed E-state index contributed by atoms with van der Waals surface area (Å²) in [5.74, 6) is -0.679. The fraction of sp³-hybridized carbons (Fsp3) is 0.222. The third-order valence-electron chi connectivity index (χ3n) is 3.66. The number of nitrogens with one attached hydrogen (secondary N) is 1. The van der Waals surface area contributed by atoms with Gasteiger partial charge in [-0.1, -0.05) is 23.7 Å². The van der Waals surface area contributed by atoms with Gasteiger partial charge in [-0.2, -0.15) is 5.10 Å². The van der Waals surface area contributed by atoms with Crippen LogP contribution in [0.5, 0.6) is 0 Å². The standard InChI is InChI=1S/C18H17ClN4O3S/c1-3-26-16(24)8-13-10-27-18(20-13)21-17(25)15-9-14(22-23(15)2)11-4-6-12(19)7-5-11/h4-7,9-10H,3,8H2,1-2H3,(H,20,21,25). The first-order chi connectivity index (χ1) is 13.0. The normalized spacial score (nSPS) is 10.6. The van der Waals surface area contributed by atoms with E-state index in [1.165, 1.54) is 16.0 Å². The highest BCUT2D eigenvalue weighted by Gasteiger charge is 2.16. The minimum absolute atomic E-state index is 0.0760. The van der Waals surface area contributed by atoms with Gasteiger partial charge in [-0.05, 0) is 25.1 Å². The monoisotopic (exact) mass is 404 g/mol. The van der Waals surface area contributed by atoms with Crippen LogP contribution >= 0.6 is 22.9 Å². The van der Waals surface area contributed by atoms with Gasteiger partial charge >= 0.3 is 5.97 Å². The molecule has 0 aliphatic heterocycles. The van der Waals surface area contributed by atoms with Gasteiger partial charge in [-0.15, -0.1) is 11.3 Å². The first-order valence-corrected chi connectivity index (χ1v) is 9.43. The number of aryl methyl sites for hydroxylation is 1. The number of amides is 1. The number of ether oxygens (including phenoxy) is 1. The fourth-order valence-corrected chi connectivity index (χ4v) is 3.24. The van der Waals surface area contributed by atoms with Crippen molar-refractivity contribution in [2.45, 2.75) is 13.3 Å². The number of benzene rings is 1. The molecule has 3 aromatic rings. The smallest absolute Gasteiger partial charge is 0.311 e. The summed E-state index contributed by atoms with van der Waals surface area (Å²) in [6.45, 7) is 2.07. The topological polar surface area (TPSA) is 86.1 Å². The van der Waals surface area contributed by atoms with Crippen molar-refractivity contribution in [1.29, 1.82) is 0 Å². The zero-order valence-corrected chi connectivity index (χ0v) is 16.3. The molecule has 2 heterocycles. The van der Waals surface area contributed by atoms with Crippen molar-refractivity contribution in [3.8, 4) is 11.3 Å². The van der Waals surface area contributed by atoms with Gasteiger partial charge in [0.1, 0.15) is 5.69 Å². The number of hydrogen-bond acceptors (Lipinski definition) is 6. The maximum Gasteiger partial charge on any atom is 0.311 e. The van der Waals surface area contributed by atoms with Gasteiger partial charge in [0, 0.05) is 23.0 Å². The van der Waals surface area contributed by atoms with Gasteiger partial charge in [0.25, 0.3) is 5.91 Å². The van der Waals surface area contributed by atoms with E-state index in [9.17, 15) is 9.59 Å². The molecule has 0 fully saturated rings. The molecular formula is C18H17ClN4O3S. The summed E-state index contributed by atoms with van der Waals surface area (Å²) in [5.41, 5.74) is 2.48. The molecule has 0 atom stereocenters. The van der Waals surface area contributed by atoms with Crippen LogP contribution in [0.1, 0.15) is 23.1 Å². The Morgan fingerprint density at radius 3 is 2.74 bits per heavy atom. The molecule has 1 amide bonds. The predicted octanol–water partition coefficient (Wildman–Crippen LogP) is 3.55. The molecule has 9 heteroatoms. The molecule has 2 aromatic heterocycles. The van der Waals surface area contributed by atoms with Gasteiger partial charge in [0.05, 0.1) is 24.4 Å². The largest absolute Gasteiger partial charge is 0.466 e. The van der Waals surface area contributed by atoms with Gasteiger partial charge in [-0.25, -0.2) is 4.98 Å². The van der Waals surface area contributed by atoms with Crippen LogP contribution in [-0.4, -0.2) is 33.2 Å². The highest BCUT2D eigenvalue weighted by molar-refractivity contribution is 7.14. The number of hydrogen-bond donors (Lipinski definition) is 1. The lowest BCUT2D eigenvalue weighted by molar-refractivity contribution is -0.142. The van der Waals surface area contributed by atoms with Gasteiger partial charge in [-0.3, -0.25) is 19.6 Å². The zero-order valence-electron chi connectivity index (χ0n) is 14.7. The van der Waals surface area contributed by atoms with Crippen LogP contribution < -0.4 is 5.32 Å². The lowest BCUT2D eigenvalue weighted by Crippen LogP contribution is -2.16. The molecule has 0 bridgehead atoms. The maximum absolute atomic E-state index is 12.5. The van der Waals surface area contributed by atoms with E-state index in [4.69, 9.17) is 16.3 Å². The van der Waals surface area contributed by atoms with Crippen molar-refractivity contribution < 1.29 is 14.3 Å². The van der Waals surface area contributed by atoms with E-state index in [1.54, 1.807) is 37.6 Å². The quantitative estimate of drug-likeness (QED) is 0.635. The second kappa shape index (κ2) is 8.32. The summed E-state index contributed by atoms with van der Waals surface area (Å²) in [6, 6.07) is 8.92. The van der Waals surface area contributed by atoms with E-state index in [0.717, 1.165) is 5.56 Å². The molecule has 7 nitrogen and oxygen atoms in total. The predicted molar refractivity (Wildman–Crippen MR) is 104 cm³/mol. The van der Waals surface area contributed by atoms with E-state index < -0.39 is 0 Å². The third kappa shape index (κ3) is 4.72. The molecule has 0 spiro atoms. The lowest BCUT2D eigenvalue weighted by atomic mass is 10.1. The van der Waals surface area contributed by atoms with Gasteiger partial charge in [0.2, 0.25) is 0 Å². The molecule has 0 saturated heterocycles. The highest BCUT2D eigenvalue weighted by Crippen LogP contribution is 2.22. The van der Waals surface area contributed by atoms with Crippen LogP contribution in [0.25, 0.3) is 11.3 Å². The second-order valence-electron chi connectivity index (χ2n) is 5.63. The van der Waals surface area contributed by atoms with Crippen molar-refractivity contribution in [3.63, 3.8) is 0 Å². The third-order valence-corrected chi connectivity index (χ3v) is 4.71. The number of carbonyl (C=O) groups excluding carboxylic acids is 2. The highest BCUT2D eigenvalue weighted by atomic mass is 35.5. The van der Waals surface area contributed by atoms with Crippen molar-refractivity contribution >= 4 is 39.9 Å². The molecule has 0 unspecified atom stereocenters. The maximum atomic E-state index is 12.5. The average Bonchev–Trinajstić information content (AvgIpc) is 3.22. The van der Waals surface area contributed by atoms with Crippen LogP contribution in [-0.2, 0) is 23.0 Å². The Labute approximate surface area is 164 Å². The van der Waals surface area contributed by atoms with E-state index in [1.807, 2.05) is 12.1 Å². The van der Waals surface area contributed by atoms with Crippen LogP contribution in [0.3, 0.4) is 0 Å². The fourth-order valence-electron chi connectivity index (χ4n) is 2.41. The molecule has 0 aliphatic rings. The second-order valence-corrected chi connectivity index (χ2v) is 6.92. The van der Waals surface area contributed by atoms with Crippen LogP contribution in [0.2, 0.25) is 5.02 Å². The van der Waals surface area contributed by atoms with Gasteiger partial charge in [0.15, 0.2) is 5.13 Å². The SMILES string of the molecule is CCOC(=O)Cc1csc(NC(=O)c2cc(-c3ccc(Cl)cc3)nn2C)n1. The summed E-state index contributed by atoms with van der Waals surface area (Å²) in [6.07, 6.45) is 0.0760. The molecule has 0 aliphatic carbocycles. The number of anilines is 1. The van der Waals surface area contributed by atoms with E-state index in [2.05, 4.69) is 15.4 Å². The molecule has 1 aromatic carbocycles. The van der Waals surface area contributed by atoms with Crippen molar-refractivity contribution in [3.05, 3.63) is 52.1 Å². The minimum atomic E-state index is -0.347. The summed E-state index contributed by atoms with van der Waals surface area (Å²) >= 11 is 7.15. The van der Waals surface area contributed by atoms with Crippen LogP contribution in [0.15, 0.2) is 35.7 Å². The molecule has 27 heavy (non-hydrogen) atoms. The number of aromatic nitrogens is 3.